The van der Waals surface area contributed by atoms with Crippen LogP contribution in [0.2, 0.25) is 0 Å². The largest absolute Gasteiger partial charge is 0.268 e. The third-order valence-electron chi connectivity index (χ3n) is 5.18. The molecule has 31 heavy (non-hydrogen) atoms. The van der Waals surface area contributed by atoms with E-state index in [-0.39, 0.29) is 5.56 Å². The molecular weight excluding hydrogens is 454 g/mol. The van der Waals surface area contributed by atoms with Crippen molar-refractivity contribution in [2.75, 3.05) is 0 Å². The smallest absolute Gasteiger partial charge is 0.266 e. The molecule has 5 aromatic rings. The van der Waals surface area contributed by atoms with Crippen molar-refractivity contribution in [2.45, 2.75) is 13.5 Å². The van der Waals surface area contributed by atoms with Gasteiger partial charge >= 0.3 is 0 Å². The summed E-state index contributed by atoms with van der Waals surface area (Å²) < 4.78 is 4.40. The van der Waals surface area contributed by atoms with Crippen molar-refractivity contribution in [3.05, 3.63) is 105 Å². The molecule has 0 spiro atoms. The first-order valence-electron chi connectivity index (χ1n) is 9.83. The minimum atomic E-state index is -0.0943. The van der Waals surface area contributed by atoms with Gasteiger partial charge in [-0.05, 0) is 42.8 Å². The Hall–Kier alpha value is -3.58. The third-order valence-corrected chi connectivity index (χ3v) is 5.71. The van der Waals surface area contributed by atoms with E-state index in [9.17, 15) is 4.79 Å². The van der Waals surface area contributed by atoms with Crippen molar-refractivity contribution < 1.29 is 0 Å². The van der Waals surface area contributed by atoms with Gasteiger partial charge in [-0.3, -0.25) is 9.36 Å². The quantitative estimate of drug-likeness (QED) is 0.378. The summed E-state index contributed by atoms with van der Waals surface area (Å²) in [6, 6.07) is 23.1. The highest BCUT2D eigenvalue weighted by Gasteiger charge is 2.15. The summed E-state index contributed by atoms with van der Waals surface area (Å²) >= 11 is 3.45. The number of halogens is 1. The second kappa shape index (κ2) is 7.92. The number of aryl methyl sites for hydroxylation is 1. The molecule has 0 aliphatic carbocycles. The standard InChI is InChI=1S/C24H18BrN5O/c1-16-6-2-5-9-22(16)30-23(26-20-8-4-3-7-19(20)24(30)31)15-29-14-21(27-28-29)17-10-12-18(25)13-11-17/h2-14H,15H2,1H3. The normalized spacial score (nSPS) is 11.2. The highest BCUT2D eigenvalue weighted by Crippen LogP contribution is 2.20. The van der Waals surface area contributed by atoms with Crippen LogP contribution >= 0.6 is 15.9 Å². The molecule has 5 rings (SSSR count). The lowest BCUT2D eigenvalue weighted by Gasteiger charge is -2.15. The minimum absolute atomic E-state index is 0.0943. The average Bonchev–Trinajstić information content (AvgIpc) is 3.24. The molecule has 2 aromatic heterocycles. The van der Waals surface area contributed by atoms with Gasteiger partial charge in [-0.2, -0.15) is 0 Å². The van der Waals surface area contributed by atoms with Crippen LogP contribution in [0.4, 0.5) is 0 Å². The summed E-state index contributed by atoms with van der Waals surface area (Å²) in [6.07, 6.45) is 1.87. The molecule has 0 amide bonds. The fourth-order valence-electron chi connectivity index (χ4n) is 3.62. The van der Waals surface area contributed by atoms with Crippen molar-refractivity contribution in [1.29, 1.82) is 0 Å². The first kappa shape index (κ1) is 19.4. The van der Waals surface area contributed by atoms with Gasteiger partial charge in [-0.1, -0.05) is 63.6 Å². The van der Waals surface area contributed by atoms with Crippen LogP contribution in [0.3, 0.4) is 0 Å². The number of nitrogens with zero attached hydrogens (tertiary/aromatic N) is 5. The topological polar surface area (TPSA) is 65.6 Å². The Bertz CT molecular complexity index is 1450. The van der Waals surface area contributed by atoms with E-state index in [0.717, 1.165) is 27.0 Å². The molecule has 0 aliphatic rings. The van der Waals surface area contributed by atoms with Crippen LogP contribution in [0.25, 0.3) is 27.8 Å². The van der Waals surface area contributed by atoms with E-state index in [0.29, 0.717) is 23.3 Å². The molecule has 0 radical (unpaired) electrons. The van der Waals surface area contributed by atoms with Crippen molar-refractivity contribution in [1.82, 2.24) is 24.5 Å². The molecule has 0 bridgehead atoms. The number of fused-ring (bicyclic) bond motifs is 1. The van der Waals surface area contributed by atoms with E-state index >= 15 is 0 Å². The lowest BCUT2D eigenvalue weighted by atomic mass is 10.1. The van der Waals surface area contributed by atoms with Gasteiger partial charge in [0.05, 0.1) is 22.8 Å². The van der Waals surface area contributed by atoms with Crippen LogP contribution in [0.15, 0.2) is 88.3 Å². The fourth-order valence-corrected chi connectivity index (χ4v) is 3.89. The van der Waals surface area contributed by atoms with Crippen LogP contribution in [0, 0.1) is 6.92 Å². The van der Waals surface area contributed by atoms with E-state index in [1.807, 2.05) is 85.9 Å². The number of aromatic nitrogens is 5. The van der Waals surface area contributed by atoms with Crippen molar-refractivity contribution in [3.63, 3.8) is 0 Å². The summed E-state index contributed by atoms with van der Waals surface area (Å²) in [5.41, 5.74) is 4.12. The molecule has 3 aromatic carbocycles. The zero-order chi connectivity index (χ0) is 21.4. The lowest BCUT2D eigenvalue weighted by Crippen LogP contribution is -2.26. The number of hydrogen-bond donors (Lipinski definition) is 0. The molecule has 0 unspecified atom stereocenters. The predicted octanol–water partition coefficient (Wildman–Crippen LogP) is 4.76. The van der Waals surface area contributed by atoms with Crippen LogP contribution in [0.5, 0.6) is 0 Å². The van der Waals surface area contributed by atoms with Gasteiger partial charge in [0.25, 0.3) is 5.56 Å². The van der Waals surface area contributed by atoms with E-state index in [1.165, 1.54) is 0 Å². The SMILES string of the molecule is Cc1ccccc1-n1c(Cn2cc(-c3ccc(Br)cc3)nn2)nc2ccccc2c1=O. The summed E-state index contributed by atoms with van der Waals surface area (Å²) in [6.45, 7) is 2.31. The number of rotatable bonds is 4. The molecule has 0 fully saturated rings. The lowest BCUT2D eigenvalue weighted by molar-refractivity contribution is 0.610. The average molecular weight is 472 g/mol. The Morgan fingerprint density at radius 3 is 2.48 bits per heavy atom. The molecule has 7 heteroatoms. The van der Waals surface area contributed by atoms with E-state index in [2.05, 4.69) is 26.2 Å². The van der Waals surface area contributed by atoms with Gasteiger partial charge in [0.1, 0.15) is 18.1 Å². The first-order valence-corrected chi connectivity index (χ1v) is 10.6. The predicted molar refractivity (Wildman–Crippen MR) is 124 cm³/mol. The van der Waals surface area contributed by atoms with E-state index < -0.39 is 0 Å². The maximum absolute atomic E-state index is 13.4. The van der Waals surface area contributed by atoms with Crippen molar-refractivity contribution in [2.24, 2.45) is 0 Å². The van der Waals surface area contributed by atoms with Gasteiger partial charge in [0, 0.05) is 10.0 Å². The molecule has 0 saturated heterocycles. The van der Waals surface area contributed by atoms with Gasteiger partial charge < -0.3 is 0 Å². The van der Waals surface area contributed by atoms with Crippen LogP contribution < -0.4 is 5.56 Å². The van der Waals surface area contributed by atoms with Gasteiger partial charge in [0.2, 0.25) is 0 Å². The third kappa shape index (κ3) is 3.68. The van der Waals surface area contributed by atoms with Crippen molar-refractivity contribution in [3.8, 4) is 16.9 Å². The summed E-state index contributed by atoms with van der Waals surface area (Å²) in [7, 11) is 0. The Labute approximate surface area is 186 Å². The second-order valence-corrected chi connectivity index (χ2v) is 8.20. The van der Waals surface area contributed by atoms with Gasteiger partial charge in [-0.25, -0.2) is 9.67 Å². The monoisotopic (exact) mass is 471 g/mol. The fraction of sp³-hybridized carbons (Fsp3) is 0.0833. The van der Waals surface area contributed by atoms with E-state index in [4.69, 9.17) is 4.98 Å². The Morgan fingerprint density at radius 1 is 0.935 bits per heavy atom. The molecule has 152 valence electrons. The van der Waals surface area contributed by atoms with Crippen molar-refractivity contribution >= 4 is 26.8 Å². The molecule has 0 saturated carbocycles. The summed E-state index contributed by atoms with van der Waals surface area (Å²) in [5.74, 6) is 0.602. The highest BCUT2D eigenvalue weighted by molar-refractivity contribution is 9.10. The maximum Gasteiger partial charge on any atom is 0.266 e. The molecule has 2 heterocycles. The number of benzene rings is 3. The van der Waals surface area contributed by atoms with Crippen LogP contribution in [-0.4, -0.2) is 24.5 Å². The molecule has 0 aliphatic heterocycles. The Balaban J connectivity index is 1.63. The van der Waals surface area contributed by atoms with Gasteiger partial charge in [-0.15, -0.1) is 5.10 Å². The molecule has 0 N–H and O–H groups in total. The number of hydrogen-bond acceptors (Lipinski definition) is 4. The summed E-state index contributed by atoms with van der Waals surface area (Å²) in [4.78, 5) is 18.2. The Kier molecular flexibility index (Phi) is 4.95. The minimum Gasteiger partial charge on any atom is -0.268 e. The first-order chi connectivity index (χ1) is 15.1. The van der Waals surface area contributed by atoms with E-state index in [1.54, 1.807) is 9.25 Å². The zero-order valence-corrected chi connectivity index (χ0v) is 18.3. The zero-order valence-electron chi connectivity index (χ0n) is 16.7. The second-order valence-electron chi connectivity index (χ2n) is 7.28. The molecule has 0 atom stereocenters. The Morgan fingerprint density at radius 2 is 1.68 bits per heavy atom. The summed E-state index contributed by atoms with van der Waals surface area (Å²) in [5, 5.41) is 9.16. The van der Waals surface area contributed by atoms with Crippen LogP contribution in [0.1, 0.15) is 11.4 Å². The molecular formula is C24H18BrN5O. The van der Waals surface area contributed by atoms with Crippen LogP contribution in [-0.2, 0) is 6.54 Å². The maximum atomic E-state index is 13.4. The number of para-hydroxylation sites is 2. The molecule has 6 nitrogen and oxygen atoms in total. The van der Waals surface area contributed by atoms with Gasteiger partial charge in [0.15, 0.2) is 0 Å². The highest BCUT2D eigenvalue weighted by atomic mass is 79.9.